The molecule has 1 aromatic carbocycles. The first kappa shape index (κ1) is 21.2. The van der Waals surface area contributed by atoms with Crippen LogP contribution in [0.2, 0.25) is 0 Å². The Balaban J connectivity index is 2.71. The van der Waals surface area contributed by atoms with Crippen molar-refractivity contribution in [3.8, 4) is 0 Å². The molecule has 138 valence electrons. The average Bonchev–Trinajstić information content (AvgIpc) is 2.48. The maximum Gasteiger partial charge on any atom is 0.408 e. The van der Waals surface area contributed by atoms with Gasteiger partial charge in [-0.3, -0.25) is 0 Å². The van der Waals surface area contributed by atoms with Crippen molar-refractivity contribution in [1.82, 2.24) is 5.32 Å². The summed E-state index contributed by atoms with van der Waals surface area (Å²) >= 11 is 3.37. The third kappa shape index (κ3) is 9.26. The minimum Gasteiger partial charge on any atom is -0.478 e. The third-order valence-electron chi connectivity index (χ3n) is 3.06. The van der Waals surface area contributed by atoms with Crippen LogP contribution in [0.15, 0.2) is 40.9 Å². The first-order valence-corrected chi connectivity index (χ1v) is 8.63. The van der Waals surface area contributed by atoms with E-state index in [1.54, 1.807) is 27.7 Å². The Hall–Kier alpha value is -1.86. The van der Waals surface area contributed by atoms with Gasteiger partial charge in [0.05, 0.1) is 18.8 Å². The molecule has 6 nitrogen and oxygen atoms in total. The summed E-state index contributed by atoms with van der Waals surface area (Å²) in [6.07, 6.45) is 1.26. The summed E-state index contributed by atoms with van der Waals surface area (Å²) in [5.41, 5.74) is 0.320. The van der Waals surface area contributed by atoms with Crippen LogP contribution in [-0.4, -0.2) is 34.9 Å². The summed E-state index contributed by atoms with van der Waals surface area (Å²) in [4.78, 5) is 22.7. The highest BCUT2D eigenvalue weighted by molar-refractivity contribution is 9.10. The van der Waals surface area contributed by atoms with E-state index in [4.69, 9.17) is 14.6 Å². The number of carbonyl (C=O) groups is 2. The molecule has 0 aliphatic rings. The van der Waals surface area contributed by atoms with E-state index in [2.05, 4.69) is 21.2 Å². The van der Waals surface area contributed by atoms with E-state index in [9.17, 15) is 9.59 Å². The first-order chi connectivity index (χ1) is 11.6. The number of hydrogen-bond donors (Lipinski definition) is 2. The van der Waals surface area contributed by atoms with Crippen LogP contribution in [0.3, 0.4) is 0 Å². The fourth-order valence-electron chi connectivity index (χ4n) is 1.86. The van der Waals surface area contributed by atoms with Gasteiger partial charge in [-0.25, -0.2) is 9.59 Å². The van der Waals surface area contributed by atoms with Gasteiger partial charge >= 0.3 is 12.1 Å². The molecule has 0 bridgehead atoms. The molecule has 0 radical (unpaired) electrons. The van der Waals surface area contributed by atoms with Crippen LogP contribution in [0, 0.1) is 0 Å². The molecule has 0 fully saturated rings. The van der Waals surface area contributed by atoms with E-state index in [1.165, 1.54) is 6.08 Å². The van der Waals surface area contributed by atoms with Gasteiger partial charge in [0.1, 0.15) is 5.60 Å². The average molecular weight is 414 g/mol. The quantitative estimate of drug-likeness (QED) is 0.662. The van der Waals surface area contributed by atoms with Gasteiger partial charge in [-0.05, 0) is 45.4 Å². The molecule has 0 unspecified atom stereocenters. The summed E-state index contributed by atoms with van der Waals surface area (Å²) in [5, 5.41) is 11.5. The lowest BCUT2D eigenvalue weighted by molar-refractivity contribution is -0.131. The van der Waals surface area contributed by atoms with Gasteiger partial charge in [0.2, 0.25) is 0 Å². The van der Waals surface area contributed by atoms with Gasteiger partial charge in [-0.2, -0.15) is 0 Å². The lowest BCUT2D eigenvalue weighted by atomic mass is 10.1. The highest BCUT2D eigenvalue weighted by atomic mass is 79.9. The number of carboxylic acid groups (broad SMARTS) is 1. The minimum atomic E-state index is -1.10. The minimum absolute atomic E-state index is 0.335. The number of hydrogen-bond acceptors (Lipinski definition) is 4. The number of benzene rings is 1. The van der Waals surface area contributed by atoms with Crippen molar-refractivity contribution in [3.05, 3.63) is 46.5 Å². The molecule has 1 aromatic rings. The zero-order valence-electron chi connectivity index (χ0n) is 14.8. The molecule has 0 saturated heterocycles. The molecule has 1 amide bonds. The topological polar surface area (TPSA) is 84.9 Å². The standard InChI is InChI=1S/C18H24BrNO5/c1-12(24-11-13-5-7-14(19)8-6-13)15(9-10-16(21)22)20-17(23)25-18(2,3)4/h5-10,12,15H,11H2,1-4H3,(H,20,23)(H,21,22)/b10-9+/t12-,15+/m1/s1. The molecular formula is C18H24BrNO5. The molecule has 0 aromatic heterocycles. The Morgan fingerprint density at radius 3 is 2.40 bits per heavy atom. The zero-order chi connectivity index (χ0) is 19.0. The fraction of sp³-hybridized carbons (Fsp3) is 0.444. The Morgan fingerprint density at radius 2 is 1.88 bits per heavy atom. The molecule has 1 rings (SSSR count). The number of carbonyl (C=O) groups excluding carboxylic acids is 1. The Labute approximate surface area is 156 Å². The second kappa shape index (κ2) is 9.58. The molecular weight excluding hydrogens is 390 g/mol. The van der Waals surface area contributed by atoms with Crippen LogP contribution in [0.1, 0.15) is 33.3 Å². The summed E-state index contributed by atoms with van der Waals surface area (Å²) in [7, 11) is 0. The Morgan fingerprint density at radius 1 is 1.28 bits per heavy atom. The number of rotatable bonds is 7. The van der Waals surface area contributed by atoms with Crippen LogP contribution in [0.25, 0.3) is 0 Å². The molecule has 0 aliphatic heterocycles. The first-order valence-electron chi connectivity index (χ1n) is 7.83. The smallest absolute Gasteiger partial charge is 0.408 e. The lowest BCUT2D eigenvalue weighted by Crippen LogP contribution is -2.44. The molecule has 2 N–H and O–H groups in total. The molecule has 0 spiro atoms. The number of halogens is 1. The van der Waals surface area contributed by atoms with E-state index in [1.807, 2.05) is 24.3 Å². The second-order valence-electron chi connectivity index (χ2n) is 6.51. The van der Waals surface area contributed by atoms with Gasteiger partial charge in [-0.1, -0.05) is 34.1 Å². The second-order valence-corrected chi connectivity index (χ2v) is 7.43. The highest BCUT2D eigenvalue weighted by Gasteiger charge is 2.22. The number of amides is 1. The van der Waals surface area contributed by atoms with Crippen LogP contribution in [0.4, 0.5) is 4.79 Å². The van der Waals surface area contributed by atoms with E-state index in [0.29, 0.717) is 6.61 Å². The van der Waals surface area contributed by atoms with Crippen LogP contribution in [0.5, 0.6) is 0 Å². The van der Waals surface area contributed by atoms with Crippen LogP contribution < -0.4 is 5.32 Å². The van der Waals surface area contributed by atoms with Gasteiger partial charge < -0.3 is 19.9 Å². The van der Waals surface area contributed by atoms with E-state index >= 15 is 0 Å². The fourth-order valence-corrected chi connectivity index (χ4v) is 2.13. The number of carboxylic acids is 1. The molecule has 0 aliphatic carbocycles. The van der Waals surface area contributed by atoms with Crippen molar-refractivity contribution < 1.29 is 24.2 Å². The Bertz CT molecular complexity index is 607. The molecule has 2 atom stereocenters. The van der Waals surface area contributed by atoms with Crippen molar-refractivity contribution in [2.75, 3.05) is 0 Å². The zero-order valence-corrected chi connectivity index (χ0v) is 16.4. The highest BCUT2D eigenvalue weighted by Crippen LogP contribution is 2.13. The summed E-state index contributed by atoms with van der Waals surface area (Å²) in [5.74, 6) is -1.10. The predicted molar refractivity (Wildman–Crippen MR) is 98.3 cm³/mol. The molecule has 25 heavy (non-hydrogen) atoms. The number of nitrogens with one attached hydrogen (secondary N) is 1. The molecule has 0 heterocycles. The lowest BCUT2D eigenvalue weighted by Gasteiger charge is -2.25. The SMILES string of the molecule is C[C@@H](OCc1ccc(Br)cc1)[C@H](/C=C/C(=O)O)NC(=O)OC(C)(C)C. The molecule has 0 saturated carbocycles. The number of alkyl carbamates (subject to hydrolysis) is 1. The summed E-state index contributed by atoms with van der Waals surface area (Å²) < 4.78 is 11.9. The van der Waals surface area contributed by atoms with E-state index < -0.39 is 29.8 Å². The van der Waals surface area contributed by atoms with Gasteiger partial charge in [0.25, 0.3) is 0 Å². The summed E-state index contributed by atoms with van der Waals surface area (Å²) in [6.45, 7) is 7.35. The van der Waals surface area contributed by atoms with E-state index in [0.717, 1.165) is 16.1 Å². The van der Waals surface area contributed by atoms with Crippen molar-refractivity contribution in [1.29, 1.82) is 0 Å². The van der Waals surface area contributed by atoms with Crippen LogP contribution >= 0.6 is 15.9 Å². The van der Waals surface area contributed by atoms with Gasteiger partial charge in [0.15, 0.2) is 0 Å². The predicted octanol–water partition coefficient (Wildman–Crippen LogP) is 3.89. The van der Waals surface area contributed by atoms with Crippen molar-refractivity contribution >= 4 is 28.0 Å². The third-order valence-corrected chi connectivity index (χ3v) is 3.59. The van der Waals surface area contributed by atoms with Crippen molar-refractivity contribution in [2.45, 2.75) is 52.0 Å². The maximum atomic E-state index is 12.0. The van der Waals surface area contributed by atoms with Gasteiger partial charge in [-0.15, -0.1) is 0 Å². The monoisotopic (exact) mass is 413 g/mol. The molecule has 7 heteroatoms. The maximum absolute atomic E-state index is 12.0. The Kier molecular flexibility index (Phi) is 8.12. The largest absolute Gasteiger partial charge is 0.478 e. The normalized spacial score (nSPS) is 14.1. The van der Waals surface area contributed by atoms with Crippen molar-refractivity contribution in [3.63, 3.8) is 0 Å². The van der Waals surface area contributed by atoms with Crippen molar-refractivity contribution in [2.24, 2.45) is 0 Å². The number of ether oxygens (including phenoxy) is 2. The number of aliphatic carboxylic acids is 1. The van der Waals surface area contributed by atoms with Crippen LogP contribution in [-0.2, 0) is 20.9 Å². The van der Waals surface area contributed by atoms with E-state index in [-0.39, 0.29) is 0 Å². The van der Waals surface area contributed by atoms with Gasteiger partial charge in [0, 0.05) is 10.5 Å². The summed E-state index contributed by atoms with van der Waals surface area (Å²) in [6, 6.07) is 7.01.